The van der Waals surface area contributed by atoms with Gasteiger partial charge in [-0.1, -0.05) is 18.2 Å². The fraction of sp³-hybridized carbons (Fsp3) is 0.167. The molecule has 0 saturated heterocycles. The van der Waals surface area contributed by atoms with E-state index in [9.17, 15) is 12.8 Å². The van der Waals surface area contributed by atoms with E-state index in [-0.39, 0.29) is 10.8 Å². The molecule has 0 bridgehead atoms. The van der Waals surface area contributed by atoms with E-state index in [1.165, 1.54) is 12.1 Å². The summed E-state index contributed by atoms with van der Waals surface area (Å²) in [6, 6.07) is 13.1. The Balaban J connectivity index is 2.19. The zero-order chi connectivity index (χ0) is 17.3. The van der Waals surface area contributed by atoms with Crippen LogP contribution < -0.4 is 4.74 Å². The number of pyridine rings is 1. The maximum Gasteiger partial charge on any atom is 0.192 e. The van der Waals surface area contributed by atoms with Crippen molar-refractivity contribution < 1.29 is 17.5 Å². The zero-order valence-corrected chi connectivity index (χ0v) is 14.1. The molecule has 0 radical (unpaired) electrons. The summed E-state index contributed by atoms with van der Waals surface area (Å²) in [6.07, 6.45) is 1.44. The second kappa shape index (κ2) is 6.20. The molecule has 6 heteroatoms. The largest absolute Gasteiger partial charge is 0.496 e. The molecule has 0 aliphatic rings. The summed E-state index contributed by atoms with van der Waals surface area (Å²) >= 11 is 0. The van der Waals surface area contributed by atoms with Crippen LogP contribution in [-0.2, 0) is 16.3 Å². The molecule has 124 valence electrons. The van der Waals surface area contributed by atoms with Gasteiger partial charge in [0.05, 0.1) is 12.6 Å². The highest BCUT2D eigenvalue weighted by Crippen LogP contribution is 2.30. The summed E-state index contributed by atoms with van der Waals surface area (Å²) in [7, 11) is -1.84. The van der Waals surface area contributed by atoms with Crippen LogP contribution in [0.1, 0.15) is 11.1 Å². The first-order valence-electron chi connectivity index (χ1n) is 7.30. The molecule has 0 aliphatic heterocycles. The molecular weight excluding hydrogens is 329 g/mol. The van der Waals surface area contributed by atoms with Gasteiger partial charge in [-0.05, 0) is 35.9 Å². The Morgan fingerprint density at radius 2 is 1.83 bits per heavy atom. The van der Waals surface area contributed by atoms with Crippen LogP contribution in [0, 0.1) is 5.82 Å². The maximum atomic E-state index is 14.0. The normalized spacial score (nSPS) is 11.6. The first-order chi connectivity index (χ1) is 11.4. The predicted octanol–water partition coefficient (Wildman–Crippen LogP) is 3.38. The van der Waals surface area contributed by atoms with E-state index >= 15 is 0 Å². The van der Waals surface area contributed by atoms with Crippen molar-refractivity contribution >= 4 is 20.7 Å². The van der Waals surface area contributed by atoms with Gasteiger partial charge in [-0.2, -0.15) is 0 Å². The zero-order valence-electron chi connectivity index (χ0n) is 13.3. The Morgan fingerprint density at radius 3 is 2.50 bits per heavy atom. The molecule has 1 aromatic heterocycles. The van der Waals surface area contributed by atoms with Gasteiger partial charge in [-0.15, -0.1) is 0 Å². The van der Waals surface area contributed by atoms with Gasteiger partial charge in [0.15, 0.2) is 14.9 Å². The Morgan fingerprint density at radius 1 is 1.08 bits per heavy atom. The monoisotopic (exact) mass is 345 g/mol. The van der Waals surface area contributed by atoms with Gasteiger partial charge in [0.1, 0.15) is 11.6 Å². The Hall–Kier alpha value is -2.47. The molecule has 0 atom stereocenters. The molecular formula is C18H16FNO3S. The molecule has 2 aromatic carbocycles. The average Bonchev–Trinajstić information content (AvgIpc) is 2.55. The van der Waals surface area contributed by atoms with Crippen molar-refractivity contribution in [2.45, 2.75) is 11.4 Å². The van der Waals surface area contributed by atoms with E-state index in [4.69, 9.17) is 4.74 Å². The predicted molar refractivity (Wildman–Crippen MR) is 90.6 cm³/mol. The van der Waals surface area contributed by atoms with Crippen molar-refractivity contribution in [3.8, 4) is 5.75 Å². The van der Waals surface area contributed by atoms with Crippen molar-refractivity contribution in [2.75, 3.05) is 13.4 Å². The molecule has 0 aliphatic carbocycles. The minimum Gasteiger partial charge on any atom is -0.496 e. The third kappa shape index (κ3) is 3.10. The number of ether oxygens (including phenoxy) is 1. The van der Waals surface area contributed by atoms with Gasteiger partial charge in [0, 0.05) is 23.6 Å². The lowest BCUT2D eigenvalue weighted by molar-refractivity contribution is 0.411. The lowest BCUT2D eigenvalue weighted by Crippen LogP contribution is -2.02. The number of fused-ring (bicyclic) bond motifs is 1. The summed E-state index contributed by atoms with van der Waals surface area (Å²) in [4.78, 5) is 4.21. The topological polar surface area (TPSA) is 56.3 Å². The summed E-state index contributed by atoms with van der Waals surface area (Å²) in [6.45, 7) is 0. The van der Waals surface area contributed by atoms with Crippen molar-refractivity contribution in [2.24, 2.45) is 0 Å². The number of sulfone groups is 1. The molecule has 0 spiro atoms. The second-order valence-corrected chi connectivity index (χ2v) is 7.47. The molecule has 3 rings (SSSR count). The van der Waals surface area contributed by atoms with Crippen LogP contribution in [0.25, 0.3) is 10.9 Å². The number of benzene rings is 2. The molecule has 0 fully saturated rings. The van der Waals surface area contributed by atoms with Crippen LogP contribution in [0.4, 0.5) is 4.39 Å². The SMILES string of the molecule is COc1ccc2nc(S(C)(=O)=O)ccc2c1Cc1ccccc1F. The summed E-state index contributed by atoms with van der Waals surface area (Å²) < 4.78 is 42.8. The molecule has 4 nitrogen and oxygen atoms in total. The highest BCUT2D eigenvalue weighted by atomic mass is 32.2. The third-order valence-corrected chi connectivity index (χ3v) is 4.83. The van der Waals surface area contributed by atoms with E-state index in [0.717, 1.165) is 17.2 Å². The minimum atomic E-state index is -3.39. The summed E-state index contributed by atoms with van der Waals surface area (Å²) in [5, 5.41) is 0.752. The minimum absolute atomic E-state index is 0.0111. The molecule has 1 heterocycles. The highest BCUT2D eigenvalue weighted by molar-refractivity contribution is 7.90. The van der Waals surface area contributed by atoms with Crippen molar-refractivity contribution in [1.82, 2.24) is 4.98 Å². The van der Waals surface area contributed by atoms with Gasteiger partial charge in [0.2, 0.25) is 0 Å². The third-order valence-electron chi connectivity index (χ3n) is 3.84. The van der Waals surface area contributed by atoms with Crippen LogP contribution in [0.2, 0.25) is 0 Å². The van der Waals surface area contributed by atoms with E-state index in [2.05, 4.69) is 4.98 Å². The van der Waals surface area contributed by atoms with Crippen LogP contribution in [0.3, 0.4) is 0 Å². The lowest BCUT2D eigenvalue weighted by Gasteiger charge is -2.13. The van der Waals surface area contributed by atoms with Crippen molar-refractivity contribution in [3.05, 3.63) is 65.5 Å². The number of aromatic nitrogens is 1. The number of halogens is 1. The van der Waals surface area contributed by atoms with Crippen molar-refractivity contribution in [3.63, 3.8) is 0 Å². The van der Waals surface area contributed by atoms with Crippen LogP contribution in [0.5, 0.6) is 5.75 Å². The summed E-state index contributed by atoms with van der Waals surface area (Å²) in [5.41, 5.74) is 1.84. The first kappa shape index (κ1) is 16.4. The first-order valence-corrected chi connectivity index (χ1v) is 9.19. The van der Waals surface area contributed by atoms with Crippen LogP contribution in [-0.4, -0.2) is 26.8 Å². The molecule has 0 unspecified atom stereocenters. The number of hydrogen-bond donors (Lipinski definition) is 0. The molecule has 0 amide bonds. The molecule has 0 saturated carbocycles. The smallest absolute Gasteiger partial charge is 0.192 e. The maximum absolute atomic E-state index is 14.0. The van der Waals surface area contributed by atoms with Gasteiger partial charge in [-0.3, -0.25) is 0 Å². The average molecular weight is 345 g/mol. The van der Waals surface area contributed by atoms with Gasteiger partial charge >= 0.3 is 0 Å². The Labute approximate surface area is 139 Å². The van der Waals surface area contributed by atoms with E-state index < -0.39 is 9.84 Å². The van der Waals surface area contributed by atoms with E-state index in [0.29, 0.717) is 23.3 Å². The van der Waals surface area contributed by atoms with Crippen LogP contribution >= 0.6 is 0 Å². The quantitative estimate of drug-likeness (QED) is 0.727. The molecule has 0 N–H and O–H groups in total. The number of hydrogen-bond acceptors (Lipinski definition) is 4. The van der Waals surface area contributed by atoms with Gasteiger partial charge in [-0.25, -0.2) is 17.8 Å². The van der Waals surface area contributed by atoms with Gasteiger partial charge < -0.3 is 4.74 Å². The number of methoxy groups -OCH3 is 1. The highest BCUT2D eigenvalue weighted by Gasteiger charge is 2.15. The lowest BCUT2D eigenvalue weighted by atomic mass is 9.99. The van der Waals surface area contributed by atoms with Crippen molar-refractivity contribution in [1.29, 1.82) is 0 Å². The van der Waals surface area contributed by atoms with Crippen LogP contribution in [0.15, 0.2) is 53.6 Å². The Bertz CT molecular complexity index is 1020. The number of rotatable bonds is 4. The fourth-order valence-corrected chi connectivity index (χ4v) is 3.22. The van der Waals surface area contributed by atoms with E-state index in [1.54, 1.807) is 43.5 Å². The van der Waals surface area contributed by atoms with E-state index in [1.807, 2.05) is 0 Å². The Kier molecular flexibility index (Phi) is 4.24. The second-order valence-electron chi connectivity index (χ2n) is 5.50. The standard InChI is InChI=1S/C18H16FNO3S/c1-23-17-9-8-16-13(7-10-18(20-16)24(2,21)22)14(17)11-12-5-3-4-6-15(12)19/h3-10H,11H2,1-2H3. The molecule has 24 heavy (non-hydrogen) atoms. The summed E-state index contributed by atoms with van der Waals surface area (Å²) in [5.74, 6) is 0.317. The van der Waals surface area contributed by atoms with Gasteiger partial charge in [0.25, 0.3) is 0 Å². The molecule has 3 aromatic rings. The number of nitrogens with zero attached hydrogens (tertiary/aromatic N) is 1. The fourth-order valence-electron chi connectivity index (χ4n) is 2.64.